The van der Waals surface area contributed by atoms with Gasteiger partial charge in [0.15, 0.2) is 5.78 Å². The average molecular weight is 320 g/mol. The fraction of sp³-hybridized carbons (Fsp3) is 0.556. The van der Waals surface area contributed by atoms with E-state index < -0.39 is 11.0 Å². The summed E-state index contributed by atoms with van der Waals surface area (Å²) >= 11 is 1.74. The highest BCUT2D eigenvalue weighted by molar-refractivity contribution is 7.99. The molecule has 1 fully saturated rings. The first-order valence-corrected chi connectivity index (χ1v) is 8.87. The van der Waals surface area contributed by atoms with Crippen molar-refractivity contribution in [3.8, 4) is 0 Å². The Morgan fingerprint density at radius 3 is 2.55 bits per heavy atom. The van der Waals surface area contributed by atoms with Crippen LogP contribution in [0.2, 0.25) is 0 Å². The standard InChI is InChI=1S/C18H24O3S/c1-17(2,3)21-16(20)18(10-12-22-11-9-15(18)19)13-14-7-5-4-6-8-14/h4-8H,9-13H2,1-3H3. The van der Waals surface area contributed by atoms with Gasteiger partial charge < -0.3 is 4.74 Å². The second-order valence-electron chi connectivity index (χ2n) is 6.78. The van der Waals surface area contributed by atoms with Crippen LogP contribution in [0.1, 0.15) is 39.2 Å². The summed E-state index contributed by atoms with van der Waals surface area (Å²) in [6.45, 7) is 5.53. The van der Waals surface area contributed by atoms with E-state index in [9.17, 15) is 9.59 Å². The van der Waals surface area contributed by atoms with Crippen molar-refractivity contribution in [2.75, 3.05) is 11.5 Å². The van der Waals surface area contributed by atoms with Crippen molar-refractivity contribution in [1.82, 2.24) is 0 Å². The Hall–Kier alpha value is -1.29. The molecule has 0 spiro atoms. The van der Waals surface area contributed by atoms with Gasteiger partial charge in [0, 0.05) is 12.2 Å². The van der Waals surface area contributed by atoms with Crippen molar-refractivity contribution in [3.05, 3.63) is 35.9 Å². The molecule has 3 nitrogen and oxygen atoms in total. The number of carbonyl (C=O) groups is 2. The summed E-state index contributed by atoms with van der Waals surface area (Å²) in [6.07, 6.45) is 1.43. The Morgan fingerprint density at radius 2 is 1.91 bits per heavy atom. The lowest BCUT2D eigenvalue weighted by Crippen LogP contribution is -2.45. The van der Waals surface area contributed by atoms with Gasteiger partial charge in [0.25, 0.3) is 0 Å². The Bertz CT molecular complexity index is 533. The fourth-order valence-corrected chi connectivity index (χ4v) is 3.71. The van der Waals surface area contributed by atoms with Crippen molar-refractivity contribution in [3.63, 3.8) is 0 Å². The molecule has 0 radical (unpaired) electrons. The predicted molar refractivity (Wildman–Crippen MR) is 90.0 cm³/mol. The van der Waals surface area contributed by atoms with Gasteiger partial charge in [-0.05, 0) is 44.9 Å². The molecule has 1 aromatic rings. The van der Waals surface area contributed by atoms with Crippen LogP contribution in [0.3, 0.4) is 0 Å². The van der Waals surface area contributed by atoms with Crippen LogP contribution in [0.5, 0.6) is 0 Å². The van der Waals surface area contributed by atoms with Gasteiger partial charge in [0.1, 0.15) is 11.0 Å². The van der Waals surface area contributed by atoms with Crippen LogP contribution < -0.4 is 0 Å². The minimum atomic E-state index is -1.03. The number of ether oxygens (including phenoxy) is 1. The normalized spacial score (nSPS) is 23.0. The van der Waals surface area contributed by atoms with E-state index in [1.54, 1.807) is 11.8 Å². The van der Waals surface area contributed by atoms with Crippen molar-refractivity contribution >= 4 is 23.5 Å². The van der Waals surface area contributed by atoms with E-state index in [1.807, 2.05) is 51.1 Å². The summed E-state index contributed by atoms with van der Waals surface area (Å²) in [4.78, 5) is 25.6. The number of hydrogen-bond acceptors (Lipinski definition) is 4. The minimum absolute atomic E-state index is 0.0237. The molecule has 0 aliphatic carbocycles. The lowest BCUT2D eigenvalue weighted by Gasteiger charge is -2.32. The zero-order chi connectivity index (χ0) is 16.2. The molecule has 1 aliphatic heterocycles. The third kappa shape index (κ3) is 4.13. The van der Waals surface area contributed by atoms with Gasteiger partial charge in [-0.25, -0.2) is 0 Å². The summed E-state index contributed by atoms with van der Waals surface area (Å²) in [5.74, 6) is 1.27. The van der Waals surface area contributed by atoms with E-state index in [4.69, 9.17) is 4.74 Å². The topological polar surface area (TPSA) is 43.4 Å². The molecule has 0 amide bonds. The van der Waals surface area contributed by atoms with Gasteiger partial charge in [-0.2, -0.15) is 11.8 Å². The molecule has 0 saturated carbocycles. The lowest BCUT2D eigenvalue weighted by molar-refractivity contribution is -0.170. The molecule has 0 bridgehead atoms. The first-order chi connectivity index (χ1) is 10.3. The van der Waals surface area contributed by atoms with Gasteiger partial charge in [-0.15, -0.1) is 0 Å². The minimum Gasteiger partial charge on any atom is -0.459 e. The molecule has 22 heavy (non-hydrogen) atoms. The van der Waals surface area contributed by atoms with Gasteiger partial charge in [0.2, 0.25) is 0 Å². The van der Waals surface area contributed by atoms with Crippen molar-refractivity contribution in [2.24, 2.45) is 5.41 Å². The number of esters is 1. The molecule has 1 aliphatic rings. The number of thioether (sulfide) groups is 1. The van der Waals surface area contributed by atoms with Crippen molar-refractivity contribution in [1.29, 1.82) is 0 Å². The third-order valence-electron chi connectivity index (χ3n) is 3.82. The fourth-order valence-electron chi connectivity index (χ4n) is 2.69. The third-order valence-corrected chi connectivity index (χ3v) is 4.80. The van der Waals surface area contributed by atoms with Gasteiger partial charge in [-0.3, -0.25) is 9.59 Å². The second-order valence-corrected chi connectivity index (χ2v) is 8.01. The van der Waals surface area contributed by atoms with Crippen LogP contribution in [-0.2, 0) is 20.7 Å². The number of rotatable bonds is 3. The largest absolute Gasteiger partial charge is 0.459 e. The summed E-state index contributed by atoms with van der Waals surface area (Å²) in [5, 5.41) is 0. The molecule has 4 heteroatoms. The molecule has 1 aromatic carbocycles. The van der Waals surface area contributed by atoms with Gasteiger partial charge in [0.05, 0.1) is 0 Å². The maximum atomic E-state index is 12.9. The lowest BCUT2D eigenvalue weighted by atomic mass is 9.74. The maximum Gasteiger partial charge on any atom is 0.320 e. The molecular formula is C18H24O3S. The van der Waals surface area contributed by atoms with E-state index in [-0.39, 0.29) is 11.8 Å². The van der Waals surface area contributed by atoms with Gasteiger partial charge in [-0.1, -0.05) is 30.3 Å². The molecule has 0 N–H and O–H groups in total. The Morgan fingerprint density at radius 1 is 1.23 bits per heavy atom. The maximum absolute atomic E-state index is 12.9. The summed E-state index contributed by atoms with van der Waals surface area (Å²) < 4.78 is 5.61. The molecule has 1 saturated heterocycles. The highest BCUT2D eigenvalue weighted by Crippen LogP contribution is 2.37. The molecule has 1 heterocycles. The van der Waals surface area contributed by atoms with E-state index in [0.29, 0.717) is 19.3 Å². The highest BCUT2D eigenvalue weighted by atomic mass is 32.2. The Balaban J connectivity index is 2.34. The van der Waals surface area contributed by atoms with E-state index in [0.717, 1.165) is 17.1 Å². The molecule has 1 unspecified atom stereocenters. The number of carbonyl (C=O) groups excluding carboxylic acids is 2. The van der Waals surface area contributed by atoms with Crippen LogP contribution >= 0.6 is 11.8 Å². The first-order valence-electron chi connectivity index (χ1n) is 7.72. The molecule has 120 valence electrons. The number of ketones is 1. The Labute approximate surface area is 136 Å². The van der Waals surface area contributed by atoms with Crippen molar-refractivity contribution < 1.29 is 14.3 Å². The smallest absolute Gasteiger partial charge is 0.320 e. The number of benzene rings is 1. The summed E-state index contributed by atoms with van der Waals surface area (Å²) in [6, 6.07) is 9.76. The molecule has 2 rings (SSSR count). The van der Waals surface area contributed by atoms with E-state index in [1.165, 1.54) is 0 Å². The molecule has 0 aromatic heterocycles. The van der Waals surface area contributed by atoms with Crippen LogP contribution in [0.15, 0.2) is 30.3 Å². The van der Waals surface area contributed by atoms with Crippen LogP contribution in [0, 0.1) is 5.41 Å². The SMILES string of the molecule is CC(C)(C)OC(=O)C1(Cc2ccccc2)CCSCCC1=O. The van der Waals surface area contributed by atoms with Crippen LogP contribution in [0.25, 0.3) is 0 Å². The van der Waals surface area contributed by atoms with E-state index >= 15 is 0 Å². The highest BCUT2D eigenvalue weighted by Gasteiger charge is 2.48. The molecular weight excluding hydrogens is 296 g/mol. The van der Waals surface area contributed by atoms with Crippen LogP contribution in [-0.4, -0.2) is 28.9 Å². The predicted octanol–water partition coefficient (Wildman–Crippen LogP) is 3.65. The Kier molecular flexibility index (Phi) is 5.32. The first kappa shape index (κ1) is 17.1. The quantitative estimate of drug-likeness (QED) is 0.630. The summed E-state index contributed by atoms with van der Waals surface area (Å²) in [5.41, 5.74) is -0.604. The van der Waals surface area contributed by atoms with Crippen LogP contribution in [0.4, 0.5) is 0 Å². The average Bonchev–Trinajstić information content (AvgIpc) is 2.62. The zero-order valence-corrected chi connectivity index (χ0v) is 14.4. The zero-order valence-electron chi connectivity index (χ0n) is 13.6. The van der Waals surface area contributed by atoms with E-state index in [2.05, 4.69) is 0 Å². The van der Waals surface area contributed by atoms with Crippen molar-refractivity contribution in [2.45, 2.75) is 45.6 Å². The molecule has 1 atom stereocenters. The summed E-state index contributed by atoms with van der Waals surface area (Å²) in [7, 11) is 0. The monoisotopic (exact) mass is 320 g/mol. The second kappa shape index (κ2) is 6.86. The number of hydrogen-bond donors (Lipinski definition) is 0. The number of Topliss-reactive ketones (excluding diaryl/α,β-unsaturated/α-hetero) is 1. The van der Waals surface area contributed by atoms with Gasteiger partial charge >= 0.3 is 5.97 Å².